The van der Waals surface area contributed by atoms with Crippen LogP contribution in [0, 0.1) is 6.92 Å². The largest absolute Gasteiger partial charge is 0.399 e. The first-order valence-electron chi connectivity index (χ1n) is 6.43. The van der Waals surface area contributed by atoms with Crippen molar-refractivity contribution in [1.82, 2.24) is 20.2 Å². The zero-order chi connectivity index (χ0) is 13.4. The van der Waals surface area contributed by atoms with E-state index in [0.717, 1.165) is 35.7 Å². The molecule has 2 heterocycles. The van der Waals surface area contributed by atoms with Crippen molar-refractivity contribution in [2.75, 3.05) is 12.3 Å². The summed E-state index contributed by atoms with van der Waals surface area (Å²) in [6.07, 6.45) is 1.07. The molecule has 100 valence electrons. The minimum absolute atomic E-state index is 0.136. The van der Waals surface area contributed by atoms with E-state index in [1.54, 1.807) is 0 Å². The van der Waals surface area contributed by atoms with Crippen LogP contribution in [-0.2, 0) is 4.74 Å². The van der Waals surface area contributed by atoms with Crippen LogP contribution in [0.1, 0.15) is 24.9 Å². The maximum Gasteiger partial charge on any atom is 0.182 e. The van der Waals surface area contributed by atoms with Crippen molar-refractivity contribution in [3.05, 3.63) is 23.8 Å². The van der Waals surface area contributed by atoms with Gasteiger partial charge in [0.05, 0.1) is 12.1 Å². The van der Waals surface area contributed by atoms with Crippen LogP contribution in [0.25, 0.3) is 11.4 Å². The Kier molecular flexibility index (Phi) is 2.94. The summed E-state index contributed by atoms with van der Waals surface area (Å²) in [5.74, 6) is 0.769. The molecule has 6 nitrogen and oxygen atoms in total. The fourth-order valence-corrected chi connectivity index (χ4v) is 2.46. The van der Waals surface area contributed by atoms with Crippen LogP contribution < -0.4 is 5.73 Å². The molecule has 0 radical (unpaired) electrons. The molecule has 2 atom stereocenters. The van der Waals surface area contributed by atoms with Crippen LogP contribution >= 0.6 is 0 Å². The monoisotopic (exact) mass is 259 g/mol. The third-order valence-corrected chi connectivity index (χ3v) is 3.67. The number of ether oxygens (including phenoxy) is 1. The van der Waals surface area contributed by atoms with Crippen LogP contribution in [0.5, 0.6) is 0 Å². The van der Waals surface area contributed by atoms with Crippen molar-refractivity contribution in [3.63, 3.8) is 0 Å². The molecule has 1 aromatic heterocycles. The predicted octanol–water partition coefficient (Wildman–Crippen LogP) is 1.58. The fraction of sp³-hybridized carbons (Fsp3) is 0.462. The molecule has 2 aromatic rings. The molecule has 0 aliphatic carbocycles. The summed E-state index contributed by atoms with van der Waals surface area (Å²) in [4.78, 5) is 0. The highest BCUT2D eigenvalue weighted by Crippen LogP contribution is 2.29. The van der Waals surface area contributed by atoms with E-state index in [1.807, 2.05) is 29.8 Å². The summed E-state index contributed by atoms with van der Waals surface area (Å²) >= 11 is 0. The molecule has 1 saturated heterocycles. The van der Waals surface area contributed by atoms with Crippen LogP contribution in [0.3, 0.4) is 0 Å². The summed E-state index contributed by atoms with van der Waals surface area (Å²) in [5.41, 5.74) is 8.64. The van der Waals surface area contributed by atoms with Gasteiger partial charge in [-0.15, -0.1) is 5.10 Å². The molecule has 3 rings (SSSR count). The number of aryl methyl sites for hydroxylation is 1. The first-order valence-corrected chi connectivity index (χ1v) is 6.43. The molecule has 0 spiro atoms. The molecule has 1 aliphatic rings. The number of anilines is 1. The molecule has 1 aromatic carbocycles. The highest BCUT2D eigenvalue weighted by Gasteiger charge is 2.29. The highest BCUT2D eigenvalue weighted by molar-refractivity contribution is 5.61. The van der Waals surface area contributed by atoms with Crippen molar-refractivity contribution in [2.45, 2.75) is 32.4 Å². The van der Waals surface area contributed by atoms with Crippen LogP contribution in [-0.4, -0.2) is 32.9 Å². The Hall–Kier alpha value is -1.95. The SMILES string of the molecule is Cc1cc(-c2nnnn2C2CCOC2C)ccc1N. The minimum atomic E-state index is 0.136. The van der Waals surface area contributed by atoms with Gasteiger partial charge in [-0.3, -0.25) is 0 Å². The Morgan fingerprint density at radius 3 is 2.95 bits per heavy atom. The summed E-state index contributed by atoms with van der Waals surface area (Å²) in [5, 5.41) is 12.1. The number of tetrazole rings is 1. The molecular formula is C13H17N5O. The van der Waals surface area contributed by atoms with Crippen molar-refractivity contribution >= 4 is 5.69 Å². The van der Waals surface area contributed by atoms with E-state index in [2.05, 4.69) is 22.4 Å². The first-order chi connectivity index (χ1) is 9.16. The van der Waals surface area contributed by atoms with Gasteiger partial charge < -0.3 is 10.5 Å². The maximum absolute atomic E-state index is 5.85. The van der Waals surface area contributed by atoms with E-state index in [4.69, 9.17) is 10.5 Å². The number of hydrogen-bond acceptors (Lipinski definition) is 5. The second kappa shape index (κ2) is 4.62. The fourth-order valence-electron chi connectivity index (χ4n) is 2.46. The number of nitrogens with two attached hydrogens (primary N) is 1. The van der Waals surface area contributed by atoms with Gasteiger partial charge in [0, 0.05) is 17.9 Å². The Morgan fingerprint density at radius 2 is 2.26 bits per heavy atom. The van der Waals surface area contributed by atoms with E-state index >= 15 is 0 Å². The molecule has 0 bridgehead atoms. The zero-order valence-electron chi connectivity index (χ0n) is 11.1. The van der Waals surface area contributed by atoms with E-state index < -0.39 is 0 Å². The van der Waals surface area contributed by atoms with Crippen LogP contribution in [0.4, 0.5) is 5.69 Å². The van der Waals surface area contributed by atoms with Gasteiger partial charge in [0.1, 0.15) is 0 Å². The number of nitrogen functional groups attached to an aromatic ring is 1. The standard InChI is InChI=1S/C13H17N5O/c1-8-7-10(3-4-11(8)14)13-15-16-17-18(13)12-5-6-19-9(12)2/h3-4,7,9,12H,5-6,14H2,1-2H3. The van der Waals surface area contributed by atoms with Gasteiger partial charge >= 0.3 is 0 Å². The van der Waals surface area contributed by atoms with Crippen molar-refractivity contribution in [2.24, 2.45) is 0 Å². The number of aromatic nitrogens is 4. The Labute approximate surface area is 111 Å². The van der Waals surface area contributed by atoms with E-state index in [1.165, 1.54) is 0 Å². The van der Waals surface area contributed by atoms with Gasteiger partial charge in [-0.25, -0.2) is 4.68 Å². The topological polar surface area (TPSA) is 78.8 Å². The first kappa shape index (κ1) is 12.1. The average molecular weight is 259 g/mol. The third-order valence-electron chi connectivity index (χ3n) is 3.67. The van der Waals surface area contributed by atoms with Crippen molar-refractivity contribution in [3.8, 4) is 11.4 Å². The van der Waals surface area contributed by atoms with Crippen molar-refractivity contribution in [1.29, 1.82) is 0 Å². The Balaban J connectivity index is 2.01. The minimum Gasteiger partial charge on any atom is -0.399 e. The lowest BCUT2D eigenvalue weighted by Crippen LogP contribution is -2.19. The molecule has 19 heavy (non-hydrogen) atoms. The Morgan fingerprint density at radius 1 is 1.42 bits per heavy atom. The van der Waals surface area contributed by atoms with E-state index in [9.17, 15) is 0 Å². The number of rotatable bonds is 2. The zero-order valence-corrected chi connectivity index (χ0v) is 11.1. The number of benzene rings is 1. The third kappa shape index (κ3) is 2.08. The van der Waals surface area contributed by atoms with Gasteiger partial charge in [-0.1, -0.05) is 0 Å². The average Bonchev–Trinajstić information content (AvgIpc) is 3.00. The van der Waals surface area contributed by atoms with Gasteiger partial charge in [0.25, 0.3) is 0 Å². The number of hydrogen-bond donors (Lipinski definition) is 1. The molecular weight excluding hydrogens is 242 g/mol. The molecule has 1 aliphatic heterocycles. The molecule has 1 fully saturated rings. The smallest absolute Gasteiger partial charge is 0.182 e. The van der Waals surface area contributed by atoms with Crippen LogP contribution in [0.2, 0.25) is 0 Å². The van der Waals surface area contributed by atoms with Crippen LogP contribution in [0.15, 0.2) is 18.2 Å². The summed E-state index contributed by atoms with van der Waals surface area (Å²) in [6.45, 7) is 4.79. The molecule has 2 N–H and O–H groups in total. The van der Waals surface area contributed by atoms with Gasteiger partial charge in [-0.2, -0.15) is 0 Å². The van der Waals surface area contributed by atoms with Gasteiger partial charge in [-0.05, 0) is 54.5 Å². The molecule has 6 heteroatoms. The second-order valence-electron chi connectivity index (χ2n) is 4.95. The summed E-state index contributed by atoms with van der Waals surface area (Å²) < 4.78 is 7.45. The quantitative estimate of drug-likeness (QED) is 0.828. The summed E-state index contributed by atoms with van der Waals surface area (Å²) in [7, 11) is 0. The van der Waals surface area contributed by atoms with E-state index in [-0.39, 0.29) is 12.1 Å². The summed E-state index contributed by atoms with van der Waals surface area (Å²) in [6, 6.07) is 6.05. The second-order valence-corrected chi connectivity index (χ2v) is 4.95. The lowest BCUT2D eigenvalue weighted by Gasteiger charge is -2.15. The van der Waals surface area contributed by atoms with E-state index in [0.29, 0.717) is 0 Å². The molecule has 2 unspecified atom stereocenters. The van der Waals surface area contributed by atoms with Gasteiger partial charge in [0.15, 0.2) is 5.82 Å². The van der Waals surface area contributed by atoms with Crippen molar-refractivity contribution < 1.29 is 4.74 Å². The van der Waals surface area contributed by atoms with Gasteiger partial charge in [0.2, 0.25) is 0 Å². The lowest BCUT2D eigenvalue weighted by molar-refractivity contribution is 0.105. The molecule has 0 saturated carbocycles. The maximum atomic E-state index is 5.85. The lowest BCUT2D eigenvalue weighted by atomic mass is 10.1. The normalized spacial score (nSPS) is 22.8. The Bertz CT molecular complexity index is 594. The predicted molar refractivity (Wildman–Crippen MR) is 71.5 cm³/mol. The number of nitrogens with zero attached hydrogens (tertiary/aromatic N) is 4. The highest BCUT2D eigenvalue weighted by atomic mass is 16.5. The molecule has 0 amide bonds.